The highest BCUT2D eigenvalue weighted by atomic mass is 35.5. The van der Waals surface area contributed by atoms with Crippen LogP contribution in [0.3, 0.4) is 0 Å². The van der Waals surface area contributed by atoms with E-state index in [-0.39, 0.29) is 5.91 Å². The van der Waals surface area contributed by atoms with Gasteiger partial charge in [-0.2, -0.15) is 0 Å². The molecule has 0 saturated carbocycles. The Morgan fingerprint density at radius 2 is 1.73 bits per heavy atom. The van der Waals surface area contributed by atoms with Crippen LogP contribution in [-0.2, 0) is 4.79 Å². The molecule has 1 heterocycles. The van der Waals surface area contributed by atoms with Crippen LogP contribution in [0.2, 0.25) is 10.0 Å². The molecule has 0 radical (unpaired) electrons. The van der Waals surface area contributed by atoms with Crippen molar-refractivity contribution in [3.63, 3.8) is 0 Å². The summed E-state index contributed by atoms with van der Waals surface area (Å²) in [5.74, 6) is -0.287. The predicted octanol–water partition coefficient (Wildman–Crippen LogP) is 6.39. The SMILES string of the molecule is Cc1ccc(-c2nc(NC(=O)C=Cc3c(Cl)cccc3Cl)sc2C)cc1. The van der Waals surface area contributed by atoms with Gasteiger partial charge in [0.05, 0.1) is 5.69 Å². The number of aryl methyl sites for hydroxylation is 2. The number of hydrogen-bond acceptors (Lipinski definition) is 3. The van der Waals surface area contributed by atoms with Crippen molar-refractivity contribution in [3.05, 3.63) is 74.6 Å². The van der Waals surface area contributed by atoms with Crippen LogP contribution in [0, 0.1) is 13.8 Å². The second kappa shape index (κ2) is 8.04. The average molecular weight is 403 g/mol. The number of aromatic nitrogens is 1. The molecule has 0 unspecified atom stereocenters. The second-order valence-corrected chi connectivity index (χ2v) is 7.77. The van der Waals surface area contributed by atoms with Crippen LogP contribution < -0.4 is 5.32 Å². The number of anilines is 1. The van der Waals surface area contributed by atoms with Gasteiger partial charge in [-0.25, -0.2) is 4.98 Å². The molecular formula is C20H16Cl2N2OS. The molecular weight excluding hydrogens is 387 g/mol. The van der Waals surface area contributed by atoms with Crippen LogP contribution in [0.4, 0.5) is 5.13 Å². The van der Waals surface area contributed by atoms with Crippen molar-refractivity contribution in [1.29, 1.82) is 0 Å². The van der Waals surface area contributed by atoms with Crippen LogP contribution >= 0.6 is 34.5 Å². The fourth-order valence-corrected chi connectivity index (χ4v) is 3.77. The molecule has 0 atom stereocenters. The zero-order valence-corrected chi connectivity index (χ0v) is 16.5. The Morgan fingerprint density at radius 3 is 2.38 bits per heavy atom. The lowest BCUT2D eigenvalue weighted by Gasteiger charge is -2.01. The Hall–Kier alpha value is -2.14. The van der Waals surface area contributed by atoms with E-state index in [9.17, 15) is 4.79 Å². The van der Waals surface area contributed by atoms with Gasteiger partial charge in [0.25, 0.3) is 0 Å². The van der Waals surface area contributed by atoms with Crippen molar-refractivity contribution < 1.29 is 4.79 Å². The number of carbonyl (C=O) groups is 1. The number of hydrogen-bond donors (Lipinski definition) is 1. The van der Waals surface area contributed by atoms with Crippen LogP contribution in [-0.4, -0.2) is 10.9 Å². The summed E-state index contributed by atoms with van der Waals surface area (Å²) < 4.78 is 0. The summed E-state index contributed by atoms with van der Waals surface area (Å²) >= 11 is 13.6. The summed E-state index contributed by atoms with van der Waals surface area (Å²) in [6.07, 6.45) is 3.00. The van der Waals surface area contributed by atoms with E-state index in [4.69, 9.17) is 23.2 Å². The van der Waals surface area contributed by atoms with Gasteiger partial charge in [0.2, 0.25) is 5.91 Å². The molecule has 0 bridgehead atoms. The monoisotopic (exact) mass is 402 g/mol. The molecule has 1 N–H and O–H groups in total. The van der Waals surface area contributed by atoms with E-state index in [2.05, 4.69) is 10.3 Å². The Morgan fingerprint density at radius 1 is 1.08 bits per heavy atom. The van der Waals surface area contributed by atoms with E-state index in [0.717, 1.165) is 16.1 Å². The number of rotatable bonds is 4. The minimum atomic E-state index is -0.287. The molecule has 0 aliphatic carbocycles. The number of carbonyl (C=O) groups excluding carboxylic acids is 1. The standard InChI is InChI=1S/C20H16Cl2N2OS/c1-12-6-8-14(9-7-12)19-13(2)26-20(24-19)23-18(25)11-10-15-16(21)4-3-5-17(15)22/h3-11H,1-2H3,(H,23,24,25). The van der Waals surface area contributed by atoms with Gasteiger partial charge in [-0.15, -0.1) is 11.3 Å². The first kappa shape index (κ1) is 18.6. The molecule has 26 heavy (non-hydrogen) atoms. The van der Waals surface area contributed by atoms with Gasteiger partial charge >= 0.3 is 0 Å². The maximum Gasteiger partial charge on any atom is 0.250 e. The van der Waals surface area contributed by atoms with E-state index >= 15 is 0 Å². The third-order valence-electron chi connectivity index (χ3n) is 3.75. The molecule has 1 amide bonds. The van der Waals surface area contributed by atoms with E-state index < -0.39 is 0 Å². The summed E-state index contributed by atoms with van der Waals surface area (Å²) in [7, 11) is 0. The molecule has 0 fully saturated rings. The normalized spacial score (nSPS) is 11.1. The lowest BCUT2D eigenvalue weighted by molar-refractivity contribution is -0.111. The molecule has 132 valence electrons. The molecule has 0 aliphatic heterocycles. The van der Waals surface area contributed by atoms with Crippen molar-refractivity contribution in [2.24, 2.45) is 0 Å². The van der Waals surface area contributed by atoms with Crippen molar-refractivity contribution in [2.45, 2.75) is 13.8 Å². The molecule has 0 aliphatic rings. The zero-order chi connectivity index (χ0) is 18.7. The lowest BCUT2D eigenvalue weighted by Crippen LogP contribution is -2.07. The molecule has 0 spiro atoms. The van der Waals surface area contributed by atoms with Gasteiger partial charge in [0, 0.05) is 32.1 Å². The summed E-state index contributed by atoms with van der Waals surface area (Å²) in [6, 6.07) is 13.4. The molecule has 0 saturated heterocycles. The highest BCUT2D eigenvalue weighted by molar-refractivity contribution is 7.16. The largest absolute Gasteiger partial charge is 0.298 e. The van der Waals surface area contributed by atoms with Gasteiger partial charge in [-0.05, 0) is 32.1 Å². The Labute approximate surface area is 166 Å². The first-order valence-electron chi connectivity index (χ1n) is 7.91. The number of nitrogens with one attached hydrogen (secondary N) is 1. The minimum Gasteiger partial charge on any atom is -0.298 e. The number of nitrogens with zero attached hydrogens (tertiary/aromatic N) is 1. The molecule has 3 rings (SSSR count). The Kier molecular flexibility index (Phi) is 5.77. The molecule has 3 nitrogen and oxygen atoms in total. The van der Waals surface area contributed by atoms with Crippen LogP contribution in [0.25, 0.3) is 17.3 Å². The number of amides is 1. The first-order valence-corrected chi connectivity index (χ1v) is 9.49. The third kappa shape index (κ3) is 4.33. The molecule has 6 heteroatoms. The number of benzene rings is 2. The zero-order valence-electron chi connectivity index (χ0n) is 14.2. The van der Waals surface area contributed by atoms with E-state index in [1.807, 2.05) is 38.1 Å². The summed E-state index contributed by atoms with van der Waals surface area (Å²) in [5, 5.41) is 4.33. The smallest absolute Gasteiger partial charge is 0.250 e. The molecule has 2 aromatic carbocycles. The van der Waals surface area contributed by atoms with Crippen molar-refractivity contribution in [2.75, 3.05) is 5.32 Å². The van der Waals surface area contributed by atoms with Crippen LogP contribution in [0.15, 0.2) is 48.5 Å². The average Bonchev–Trinajstić information content (AvgIpc) is 2.95. The highest BCUT2D eigenvalue weighted by Crippen LogP contribution is 2.30. The van der Waals surface area contributed by atoms with Crippen molar-refractivity contribution in [1.82, 2.24) is 4.98 Å². The van der Waals surface area contributed by atoms with Gasteiger partial charge < -0.3 is 0 Å². The fourth-order valence-electron chi connectivity index (χ4n) is 2.41. The summed E-state index contributed by atoms with van der Waals surface area (Å²) in [6.45, 7) is 4.03. The topological polar surface area (TPSA) is 42.0 Å². The van der Waals surface area contributed by atoms with E-state index in [1.54, 1.807) is 24.3 Å². The van der Waals surface area contributed by atoms with Crippen LogP contribution in [0.5, 0.6) is 0 Å². The predicted molar refractivity (Wildman–Crippen MR) is 111 cm³/mol. The van der Waals surface area contributed by atoms with E-state index in [1.165, 1.54) is 23.0 Å². The Balaban J connectivity index is 1.75. The molecule has 1 aromatic heterocycles. The summed E-state index contributed by atoms with van der Waals surface area (Å²) in [4.78, 5) is 17.8. The second-order valence-electron chi connectivity index (χ2n) is 5.75. The van der Waals surface area contributed by atoms with Crippen molar-refractivity contribution in [3.8, 4) is 11.3 Å². The van der Waals surface area contributed by atoms with Gasteiger partial charge in [-0.1, -0.05) is 59.1 Å². The maximum atomic E-state index is 12.2. The van der Waals surface area contributed by atoms with Gasteiger partial charge in [0.1, 0.15) is 0 Å². The maximum absolute atomic E-state index is 12.2. The van der Waals surface area contributed by atoms with Crippen molar-refractivity contribution >= 4 is 51.7 Å². The van der Waals surface area contributed by atoms with Gasteiger partial charge in [0.15, 0.2) is 5.13 Å². The third-order valence-corrected chi connectivity index (χ3v) is 5.30. The first-order chi connectivity index (χ1) is 12.4. The minimum absolute atomic E-state index is 0.287. The quantitative estimate of drug-likeness (QED) is 0.513. The van der Waals surface area contributed by atoms with Gasteiger partial charge in [-0.3, -0.25) is 10.1 Å². The number of halogens is 2. The number of thiazole rings is 1. The Bertz CT molecular complexity index is 958. The fraction of sp³-hybridized carbons (Fsp3) is 0.100. The summed E-state index contributed by atoms with van der Waals surface area (Å²) in [5.41, 5.74) is 3.71. The molecule has 3 aromatic rings. The highest BCUT2D eigenvalue weighted by Gasteiger charge is 2.11. The van der Waals surface area contributed by atoms with E-state index in [0.29, 0.717) is 20.7 Å². The van der Waals surface area contributed by atoms with Crippen LogP contribution in [0.1, 0.15) is 16.0 Å². The lowest BCUT2D eigenvalue weighted by atomic mass is 10.1.